The normalized spacial score (nSPS) is 11.2. The summed E-state index contributed by atoms with van der Waals surface area (Å²) in [5, 5.41) is 5.13. The summed E-state index contributed by atoms with van der Waals surface area (Å²) in [6, 6.07) is 8.94. The van der Waals surface area contributed by atoms with Gasteiger partial charge in [0.25, 0.3) is 5.91 Å². The third kappa shape index (κ3) is 6.12. The molecule has 0 atom stereocenters. The molecule has 6 nitrogen and oxygen atoms in total. The summed E-state index contributed by atoms with van der Waals surface area (Å²) in [7, 11) is 0. The number of carbonyl (C=O) groups is 1. The van der Waals surface area contributed by atoms with Gasteiger partial charge in [-0.05, 0) is 56.7 Å². The maximum atomic E-state index is 12.0. The Balaban J connectivity index is 1.96. The van der Waals surface area contributed by atoms with E-state index in [2.05, 4.69) is 15.5 Å². The van der Waals surface area contributed by atoms with Gasteiger partial charge < -0.3 is 9.64 Å². The van der Waals surface area contributed by atoms with E-state index < -0.39 is 0 Å². The van der Waals surface area contributed by atoms with Gasteiger partial charge in [-0.3, -0.25) is 10.2 Å². The number of hydrazone groups is 1. The highest BCUT2D eigenvalue weighted by atomic mass is 35.5. The molecule has 1 amide bonds. The third-order valence-electron chi connectivity index (χ3n) is 3.89. The lowest BCUT2D eigenvalue weighted by molar-refractivity contribution is -0.132. The van der Waals surface area contributed by atoms with Crippen molar-refractivity contribution in [1.82, 2.24) is 9.88 Å². The van der Waals surface area contributed by atoms with Crippen LogP contribution >= 0.6 is 23.2 Å². The third-order valence-corrected chi connectivity index (χ3v) is 4.38. The summed E-state index contributed by atoms with van der Waals surface area (Å²) in [4.78, 5) is 17.8. The molecule has 1 N–H and O–H groups in total. The molecule has 8 heteroatoms. The summed E-state index contributed by atoms with van der Waals surface area (Å²) in [6.45, 7) is 7.12. The van der Waals surface area contributed by atoms with Crippen LogP contribution in [-0.4, -0.2) is 41.2 Å². The van der Waals surface area contributed by atoms with Crippen molar-refractivity contribution in [3.05, 3.63) is 52.1 Å². The highest BCUT2D eigenvalue weighted by molar-refractivity contribution is 6.35. The average Bonchev–Trinajstić information content (AvgIpc) is 2.67. The van der Waals surface area contributed by atoms with Gasteiger partial charge in [0.15, 0.2) is 12.4 Å². The van der Waals surface area contributed by atoms with Gasteiger partial charge in [0.1, 0.15) is 5.75 Å². The summed E-state index contributed by atoms with van der Waals surface area (Å²) in [5.41, 5.74) is 4.47. The van der Waals surface area contributed by atoms with Crippen molar-refractivity contribution in [3.63, 3.8) is 0 Å². The molecule has 0 aliphatic rings. The van der Waals surface area contributed by atoms with E-state index in [1.165, 1.54) is 6.20 Å². The smallest absolute Gasteiger partial charge is 0.260 e. The minimum absolute atomic E-state index is 0.0242. The van der Waals surface area contributed by atoms with Crippen molar-refractivity contribution < 1.29 is 9.53 Å². The van der Waals surface area contributed by atoms with Crippen LogP contribution in [0.3, 0.4) is 0 Å². The number of hydrogen-bond acceptors (Lipinski definition) is 5. The Labute approximate surface area is 169 Å². The number of anilines is 1. The van der Waals surface area contributed by atoms with Crippen LogP contribution < -0.4 is 10.2 Å². The second-order valence-electron chi connectivity index (χ2n) is 5.67. The number of ether oxygens (including phenoxy) is 1. The average molecular weight is 409 g/mol. The zero-order valence-electron chi connectivity index (χ0n) is 15.5. The predicted octanol–water partition coefficient (Wildman–Crippen LogP) is 4.47. The van der Waals surface area contributed by atoms with Crippen LogP contribution in [0.25, 0.3) is 0 Å². The van der Waals surface area contributed by atoms with Gasteiger partial charge in [-0.2, -0.15) is 5.10 Å². The molecule has 0 aliphatic heterocycles. The number of pyridine rings is 1. The Bertz CT molecular complexity index is 806. The molecule has 0 saturated carbocycles. The van der Waals surface area contributed by atoms with Gasteiger partial charge in [-0.1, -0.05) is 23.2 Å². The second-order valence-corrected chi connectivity index (χ2v) is 6.52. The van der Waals surface area contributed by atoms with Gasteiger partial charge in [-0.15, -0.1) is 0 Å². The first-order valence-corrected chi connectivity index (χ1v) is 9.32. The Morgan fingerprint density at radius 3 is 2.48 bits per heavy atom. The number of nitrogens with zero attached hydrogens (tertiary/aromatic N) is 3. The molecule has 1 aromatic carbocycles. The van der Waals surface area contributed by atoms with E-state index in [1.54, 1.807) is 23.1 Å². The minimum Gasteiger partial charge on any atom is -0.484 e. The molecule has 2 rings (SSSR count). The minimum atomic E-state index is -0.0293. The molecular formula is C19H22Cl2N4O2. The molecule has 0 spiro atoms. The fourth-order valence-electron chi connectivity index (χ4n) is 2.30. The number of nitrogens with one attached hydrogen (secondary N) is 1. The van der Waals surface area contributed by atoms with E-state index in [9.17, 15) is 4.79 Å². The van der Waals surface area contributed by atoms with Crippen molar-refractivity contribution >= 4 is 40.6 Å². The molecule has 0 unspecified atom stereocenters. The van der Waals surface area contributed by atoms with Crippen LogP contribution in [0, 0.1) is 0 Å². The predicted molar refractivity (Wildman–Crippen MR) is 110 cm³/mol. The van der Waals surface area contributed by atoms with Crippen molar-refractivity contribution in [1.29, 1.82) is 0 Å². The summed E-state index contributed by atoms with van der Waals surface area (Å²) in [6.07, 6.45) is 1.49. The number of benzene rings is 1. The highest BCUT2D eigenvalue weighted by Gasteiger charge is 2.10. The van der Waals surface area contributed by atoms with Crippen LogP contribution in [-0.2, 0) is 4.79 Å². The van der Waals surface area contributed by atoms with Crippen LogP contribution in [0.1, 0.15) is 26.3 Å². The van der Waals surface area contributed by atoms with Crippen LogP contribution in [0.5, 0.6) is 5.75 Å². The lowest BCUT2D eigenvalue weighted by atomic mass is 10.1. The molecule has 0 saturated heterocycles. The van der Waals surface area contributed by atoms with E-state index in [1.807, 2.05) is 32.9 Å². The van der Waals surface area contributed by atoms with E-state index in [0.29, 0.717) is 34.7 Å². The molecule has 144 valence electrons. The monoisotopic (exact) mass is 408 g/mol. The molecule has 0 aliphatic carbocycles. The maximum Gasteiger partial charge on any atom is 0.260 e. The van der Waals surface area contributed by atoms with Gasteiger partial charge in [0.2, 0.25) is 0 Å². The SMILES string of the molecule is CCN(CC)C(=O)COc1ccc(/C(C)=N\Nc2ncc(Cl)cc2Cl)cc1. The Hall–Kier alpha value is -2.31. The first-order valence-electron chi connectivity index (χ1n) is 8.57. The van der Waals surface area contributed by atoms with Crippen molar-refractivity contribution in [3.8, 4) is 5.75 Å². The fraction of sp³-hybridized carbons (Fsp3) is 0.316. The molecule has 1 heterocycles. The van der Waals surface area contributed by atoms with Crippen molar-refractivity contribution in [2.45, 2.75) is 20.8 Å². The zero-order chi connectivity index (χ0) is 19.8. The van der Waals surface area contributed by atoms with E-state index in [4.69, 9.17) is 27.9 Å². The molecule has 27 heavy (non-hydrogen) atoms. The van der Waals surface area contributed by atoms with Gasteiger partial charge in [-0.25, -0.2) is 4.98 Å². The van der Waals surface area contributed by atoms with Gasteiger partial charge >= 0.3 is 0 Å². The number of likely N-dealkylation sites (N-methyl/N-ethyl adjacent to an activating group) is 1. The first-order chi connectivity index (χ1) is 12.9. The molecule has 0 fully saturated rings. The molecule has 0 bridgehead atoms. The second kappa shape index (κ2) is 10.1. The number of aromatic nitrogens is 1. The number of hydrogen-bond donors (Lipinski definition) is 1. The first kappa shape index (κ1) is 21.0. The van der Waals surface area contributed by atoms with Crippen molar-refractivity contribution in [2.24, 2.45) is 5.10 Å². The quantitative estimate of drug-likeness (QED) is 0.516. The molecule has 0 radical (unpaired) electrons. The summed E-state index contributed by atoms with van der Waals surface area (Å²) in [5.74, 6) is 1.02. The van der Waals surface area contributed by atoms with Gasteiger partial charge in [0.05, 0.1) is 15.8 Å². The summed E-state index contributed by atoms with van der Waals surface area (Å²) < 4.78 is 5.56. The van der Waals surface area contributed by atoms with Crippen LogP contribution in [0.2, 0.25) is 10.0 Å². The Kier molecular flexibility index (Phi) is 7.88. The zero-order valence-corrected chi connectivity index (χ0v) is 17.0. The Morgan fingerprint density at radius 1 is 1.22 bits per heavy atom. The van der Waals surface area contributed by atoms with E-state index in [0.717, 1.165) is 11.3 Å². The van der Waals surface area contributed by atoms with Crippen LogP contribution in [0.4, 0.5) is 5.82 Å². The molecule has 2 aromatic rings. The van der Waals surface area contributed by atoms with E-state index >= 15 is 0 Å². The number of halogens is 2. The lowest BCUT2D eigenvalue weighted by Gasteiger charge is -2.18. The fourth-order valence-corrected chi connectivity index (χ4v) is 2.73. The Morgan fingerprint density at radius 2 is 1.89 bits per heavy atom. The standard InChI is InChI=1S/C19H22Cl2N4O2/c1-4-25(5-2)18(26)12-27-16-8-6-14(7-9-16)13(3)23-24-19-17(21)10-15(20)11-22-19/h6-11H,4-5,12H2,1-3H3,(H,22,24)/b23-13-. The van der Waals surface area contributed by atoms with Crippen LogP contribution in [0.15, 0.2) is 41.6 Å². The summed E-state index contributed by atoms with van der Waals surface area (Å²) >= 11 is 11.9. The molecular weight excluding hydrogens is 387 g/mol. The maximum absolute atomic E-state index is 12.0. The van der Waals surface area contributed by atoms with Crippen molar-refractivity contribution in [2.75, 3.05) is 25.1 Å². The number of carbonyl (C=O) groups excluding carboxylic acids is 1. The molecule has 1 aromatic heterocycles. The largest absolute Gasteiger partial charge is 0.484 e. The topological polar surface area (TPSA) is 66.8 Å². The lowest BCUT2D eigenvalue weighted by Crippen LogP contribution is -2.34. The highest BCUT2D eigenvalue weighted by Crippen LogP contribution is 2.22. The van der Waals surface area contributed by atoms with E-state index in [-0.39, 0.29) is 12.5 Å². The van der Waals surface area contributed by atoms with Gasteiger partial charge in [0, 0.05) is 19.3 Å². The number of amides is 1. The number of rotatable bonds is 8.